The largest absolute Gasteiger partial charge is 0.306 e. The Balaban J connectivity index is 2.47. The van der Waals surface area contributed by atoms with Crippen LogP contribution in [0.2, 0.25) is 0 Å². The molecule has 1 N–H and O–H groups in total. The lowest BCUT2D eigenvalue weighted by molar-refractivity contribution is 0.636. The first-order valence-corrected chi connectivity index (χ1v) is 8.20. The number of benzene rings is 1. The van der Waals surface area contributed by atoms with Gasteiger partial charge < -0.3 is 5.32 Å². The molecule has 1 atom stereocenters. The molecule has 0 aliphatic heterocycles. The third kappa shape index (κ3) is 3.28. The fourth-order valence-electron chi connectivity index (χ4n) is 2.29. The van der Waals surface area contributed by atoms with Crippen molar-refractivity contribution >= 4 is 27.3 Å². The van der Waals surface area contributed by atoms with Crippen LogP contribution in [0.3, 0.4) is 0 Å². The van der Waals surface area contributed by atoms with Crippen LogP contribution in [0.1, 0.15) is 39.4 Å². The molecule has 19 heavy (non-hydrogen) atoms. The van der Waals surface area contributed by atoms with E-state index in [4.69, 9.17) is 0 Å². The topological polar surface area (TPSA) is 12.0 Å². The van der Waals surface area contributed by atoms with E-state index < -0.39 is 0 Å². The van der Waals surface area contributed by atoms with E-state index in [1.165, 1.54) is 30.9 Å². The van der Waals surface area contributed by atoms with Crippen LogP contribution in [0.4, 0.5) is 0 Å². The smallest absolute Gasteiger partial charge is 0.0673 e. The van der Waals surface area contributed by atoms with Gasteiger partial charge in [-0.05, 0) is 62.2 Å². The van der Waals surface area contributed by atoms with Crippen LogP contribution in [0, 0.1) is 20.8 Å². The highest BCUT2D eigenvalue weighted by Crippen LogP contribution is 2.32. The molecule has 0 spiro atoms. The fraction of sp³-hybridized carbons (Fsp3) is 0.375. The summed E-state index contributed by atoms with van der Waals surface area (Å²) < 4.78 is 1.19. The Bertz CT molecular complexity index is 574. The number of rotatable bonds is 4. The van der Waals surface area contributed by atoms with Crippen LogP contribution in [0.25, 0.3) is 0 Å². The van der Waals surface area contributed by atoms with Crippen LogP contribution in [0.5, 0.6) is 0 Å². The number of hydrogen-bond donors (Lipinski definition) is 1. The quantitative estimate of drug-likeness (QED) is 0.814. The summed E-state index contributed by atoms with van der Waals surface area (Å²) >= 11 is 5.49. The molecule has 3 heteroatoms. The zero-order valence-corrected chi connectivity index (χ0v) is 14.3. The molecule has 1 heterocycles. The van der Waals surface area contributed by atoms with E-state index in [2.05, 4.69) is 73.2 Å². The molecular weight excluding hydrogens is 318 g/mol. The van der Waals surface area contributed by atoms with Gasteiger partial charge in [-0.15, -0.1) is 11.3 Å². The van der Waals surface area contributed by atoms with Crippen molar-refractivity contribution in [2.75, 3.05) is 6.54 Å². The molecule has 1 aromatic heterocycles. The third-order valence-corrected chi connectivity index (χ3v) is 5.23. The summed E-state index contributed by atoms with van der Waals surface area (Å²) in [6.45, 7) is 9.63. The Kier molecular flexibility index (Phi) is 4.82. The first-order chi connectivity index (χ1) is 9.02. The monoisotopic (exact) mass is 337 g/mol. The summed E-state index contributed by atoms with van der Waals surface area (Å²) in [6, 6.07) is 9.25. The Morgan fingerprint density at radius 2 is 1.89 bits per heavy atom. The van der Waals surface area contributed by atoms with E-state index in [1.54, 1.807) is 0 Å². The number of aryl methyl sites for hydroxylation is 3. The molecule has 0 saturated heterocycles. The minimum absolute atomic E-state index is 0.301. The summed E-state index contributed by atoms with van der Waals surface area (Å²) in [4.78, 5) is 2.76. The minimum atomic E-state index is 0.301. The molecule has 1 unspecified atom stereocenters. The van der Waals surface area contributed by atoms with E-state index in [-0.39, 0.29) is 0 Å². The summed E-state index contributed by atoms with van der Waals surface area (Å²) in [5, 5.41) is 3.61. The van der Waals surface area contributed by atoms with Crippen molar-refractivity contribution in [3.8, 4) is 0 Å². The molecule has 2 rings (SSSR count). The van der Waals surface area contributed by atoms with Crippen molar-refractivity contribution in [3.63, 3.8) is 0 Å². The van der Waals surface area contributed by atoms with Gasteiger partial charge in [0.05, 0.1) is 6.04 Å². The van der Waals surface area contributed by atoms with Gasteiger partial charge in [0.1, 0.15) is 0 Å². The van der Waals surface area contributed by atoms with E-state index in [1.807, 2.05) is 11.3 Å². The number of halogens is 1. The lowest BCUT2D eigenvalue weighted by atomic mass is 9.98. The van der Waals surface area contributed by atoms with Crippen molar-refractivity contribution in [3.05, 3.63) is 55.2 Å². The molecule has 0 amide bonds. The molecule has 0 aliphatic carbocycles. The average Bonchev–Trinajstić information content (AvgIpc) is 2.78. The highest BCUT2D eigenvalue weighted by molar-refractivity contribution is 9.10. The first kappa shape index (κ1) is 14.8. The zero-order valence-electron chi connectivity index (χ0n) is 11.9. The number of thiophene rings is 1. The molecule has 2 aromatic rings. The van der Waals surface area contributed by atoms with Gasteiger partial charge in [0.15, 0.2) is 0 Å². The lowest BCUT2D eigenvalue weighted by Crippen LogP contribution is -2.22. The summed E-state index contributed by atoms with van der Waals surface area (Å²) in [6.07, 6.45) is 0. The van der Waals surface area contributed by atoms with Gasteiger partial charge in [0.25, 0.3) is 0 Å². The second-order valence-electron chi connectivity index (χ2n) is 4.90. The van der Waals surface area contributed by atoms with Crippen LogP contribution in [0.15, 0.2) is 28.7 Å². The Morgan fingerprint density at radius 1 is 1.16 bits per heavy atom. The number of hydrogen-bond acceptors (Lipinski definition) is 2. The van der Waals surface area contributed by atoms with Gasteiger partial charge in [-0.3, -0.25) is 0 Å². The van der Waals surface area contributed by atoms with Gasteiger partial charge in [-0.2, -0.15) is 0 Å². The van der Waals surface area contributed by atoms with Crippen molar-refractivity contribution in [2.24, 2.45) is 0 Å². The van der Waals surface area contributed by atoms with Gasteiger partial charge in [-0.25, -0.2) is 0 Å². The standard InChI is InChI=1S/C16H20BrNS/c1-5-18-16(15-7-6-12(4)19-15)13-8-11(3)14(17)9-10(13)2/h6-9,16,18H,5H2,1-4H3. The molecule has 0 bridgehead atoms. The molecule has 0 saturated carbocycles. The second kappa shape index (κ2) is 6.21. The second-order valence-corrected chi connectivity index (χ2v) is 7.07. The summed E-state index contributed by atoms with van der Waals surface area (Å²) in [7, 11) is 0. The molecule has 0 radical (unpaired) electrons. The van der Waals surface area contributed by atoms with Gasteiger partial charge in [0.2, 0.25) is 0 Å². The van der Waals surface area contributed by atoms with E-state index >= 15 is 0 Å². The highest BCUT2D eigenvalue weighted by atomic mass is 79.9. The third-order valence-electron chi connectivity index (χ3n) is 3.31. The Morgan fingerprint density at radius 3 is 2.47 bits per heavy atom. The van der Waals surface area contributed by atoms with Crippen LogP contribution >= 0.6 is 27.3 Å². The predicted octanol–water partition coefficient (Wildman–Crippen LogP) is 5.13. The van der Waals surface area contributed by atoms with Crippen molar-refractivity contribution in [1.29, 1.82) is 0 Å². The Labute approximate surface area is 128 Å². The maximum Gasteiger partial charge on any atom is 0.0673 e. The van der Waals surface area contributed by atoms with Crippen LogP contribution < -0.4 is 5.32 Å². The van der Waals surface area contributed by atoms with Crippen molar-refractivity contribution < 1.29 is 0 Å². The zero-order chi connectivity index (χ0) is 14.0. The van der Waals surface area contributed by atoms with Crippen LogP contribution in [-0.4, -0.2) is 6.54 Å². The molecule has 1 aromatic carbocycles. The predicted molar refractivity (Wildman–Crippen MR) is 88.2 cm³/mol. The molecule has 1 nitrogen and oxygen atoms in total. The van der Waals surface area contributed by atoms with Gasteiger partial charge >= 0.3 is 0 Å². The van der Waals surface area contributed by atoms with Gasteiger partial charge in [-0.1, -0.05) is 28.9 Å². The minimum Gasteiger partial charge on any atom is -0.306 e. The molecule has 102 valence electrons. The van der Waals surface area contributed by atoms with E-state index in [0.29, 0.717) is 6.04 Å². The maximum absolute atomic E-state index is 3.61. The van der Waals surface area contributed by atoms with Gasteiger partial charge in [0, 0.05) is 14.2 Å². The van der Waals surface area contributed by atoms with Crippen molar-refractivity contribution in [1.82, 2.24) is 5.32 Å². The highest BCUT2D eigenvalue weighted by Gasteiger charge is 2.17. The van der Waals surface area contributed by atoms with Crippen molar-refractivity contribution in [2.45, 2.75) is 33.7 Å². The number of nitrogens with one attached hydrogen (secondary N) is 1. The first-order valence-electron chi connectivity index (χ1n) is 6.59. The van der Waals surface area contributed by atoms with Crippen LogP contribution in [-0.2, 0) is 0 Å². The normalized spacial score (nSPS) is 12.7. The Hall–Kier alpha value is -0.640. The SMILES string of the molecule is CCNC(c1ccc(C)s1)c1cc(C)c(Br)cc1C. The molecule has 0 aliphatic rings. The average molecular weight is 338 g/mol. The summed E-state index contributed by atoms with van der Waals surface area (Å²) in [5.74, 6) is 0. The fourth-order valence-corrected chi connectivity index (χ4v) is 3.72. The lowest BCUT2D eigenvalue weighted by Gasteiger charge is -2.20. The maximum atomic E-state index is 3.61. The van der Waals surface area contributed by atoms with E-state index in [0.717, 1.165) is 6.54 Å². The molecule has 0 fully saturated rings. The summed E-state index contributed by atoms with van der Waals surface area (Å²) in [5.41, 5.74) is 4.00. The molecular formula is C16H20BrNS. The van der Waals surface area contributed by atoms with E-state index in [9.17, 15) is 0 Å².